The quantitative estimate of drug-likeness (QED) is 0.804. The summed E-state index contributed by atoms with van der Waals surface area (Å²) < 4.78 is 6.91. The summed E-state index contributed by atoms with van der Waals surface area (Å²) in [5, 5.41) is 11.1. The number of amides is 2. The fourth-order valence-electron chi connectivity index (χ4n) is 3.53. The van der Waals surface area contributed by atoms with Gasteiger partial charge in [-0.25, -0.2) is 0 Å². The van der Waals surface area contributed by atoms with E-state index in [0.717, 1.165) is 5.69 Å². The molecule has 0 bridgehead atoms. The Kier molecular flexibility index (Phi) is 6.30. The Morgan fingerprint density at radius 2 is 1.83 bits per heavy atom. The zero-order valence-electron chi connectivity index (χ0n) is 18.7. The molecule has 0 unspecified atom stereocenters. The van der Waals surface area contributed by atoms with Gasteiger partial charge in [0.25, 0.3) is 5.91 Å². The number of hydrogen-bond acceptors (Lipinski definition) is 6. The third kappa shape index (κ3) is 5.08. The van der Waals surface area contributed by atoms with E-state index < -0.39 is 0 Å². The summed E-state index contributed by atoms with van der Waals surface area (Å²) in [6, 6.07) is 3.59. The molecule has 0 spiro atoms. The number of piperazine rings is 1. The van der Waals surface area contributed by atoms with Crippen molar-refractivity contribution in [1.82, 2.24) is 24.7 Å². The van der Waals surface area contributed by atoms with Crippen LogP contribution in [0.1, 0.15) is 62.5 Å². The van der Waals surface area contributed by atoms with Gasteiger partial charge in [-0.2, -0.15) is 5.10 Å². The minimum atomic E-state index is -0.188. The van der Waals surface area contributed by atoms with E-state index in [1.165, 1.54) is 0 Å². The van der Waals surface area contributed by atoms with Gasteiger partial charge in [-0.1, -0.05) is 19.0 Å². The summed E-state index contributed by atoms with van der Waals surface area (Å²) in [7, 11) is 0. The standard InChI is InChI=1S/C21H32N6O3/c1-14(2)17-12-16(23-27(17)21(4,5)6)20(29)26-9-7-25(8-10-26)13-19(28)22-18-11-15(3)30-24-18/h11-12,14H,7-10,13H2,1-6H3,(H,22,24,28). The minimum Gasteiger partial charge on any atom is -0.360 e. The number of carbonyl (C=O) groups excluding carboxylic acids is 2. The molecule has 1 N–H and O–H groups in total. The third-order valence-corrected chi connectivity index (χ3v) is 5.11. The van der Waals surface area contributed by atoms with Gasteiger partial charge in [-0.15, -0.1) is 0 Å². The van der Waals surface area contributed by atoms with Crippen LogP contribution in [0.25, 0.3) is 0 Å². The maximum atomic E-state index is 13.0. The van der Waals surface area contributed by atoms with Gasteiger partial charge in [0.2, 0.25) is 5.91 Å². The lowest BCUT2D eigenvalue weighted by Crippen LogP contribution is -2.50. The van der Waals surface area contributed by atoms with E-state index in [1.54, 1.807) is 13.0 Å². The predicted octanol–water partition coefficient (Wildman–Crippen LogP) is 2.45. The Balaban J connectivity index is 1.57. The predicted molar refractivity (Wildman–Crippen MR) is 114 cm³/mol. The summed E-state index contributed by atoms with van der Waals surface area (Å²) in [4.78, 5) is 29.1. The molecule has 2 amide bonds. The third-order valence-electron chi connectivity index (χ3n) is 5.11. The first-order chi connectivity index (χ1) is 14.0. The van der Waals surface area contributed by atoms with Crippen molar-refractivity contribution in [2.24, 2.45) is 0 Å². The molecule has 1 aliphatic rings. The molecule has 1 aliphatic heterocycles. The molecule has 0 radical (unpaired) electrons. The van der Waals surface area contributed by atoms with Gasteiger partial charge >= 0.3 is 0 Å². The Hall–Kier alpha value is -2.68. The zero-order valence-corrected chi connectivity index (χ0v) is 18.7. The van der Waals surface area contributed by atoms with Crippen molar-refractivity contribution in [1.29, 1.82) is 0 Å². The summed E-state index contributed by atoms with van der Waals surface area (Å²) in [6.45, 7) is 14.9. The molecule has 0 saturated carbocycles. The van der Waals surface area contributed by atoms with Crippen molar-refractivity contribution < 1.29 is 14.1 Å². The summed E-state index contributed by atoms with van der Waals surface area (Å²) in [6.07, 6.45) is 0. The average molecular weight is 417 g/mol. The van der Waals surface area contributed by atoms with E-state index in [9.17, 15) is 9.59 Å². The maximum absolute atomic E-state index is 13.0. The van der Waals surface area contributed by atoms with E-state index in [4.69, 9.17) is 4.52 Å². The zero-order chi connectivity index (χ0) is 22.1. The molecule has 1 saturated heterocycles. The SMILES string of the molecule is Cc1cc(NC(=O)CN2CCN(C(=O)c3cc(C(C)C)n(C(C)(C)C)n3)CC2)no1. The van der Waals surface area contributed by atoms with Crippen molar-refractivity contribution in [2.75, 3.05) is 38.0 Å². The van der Waals surface area contributed by atoms with E-state index in [-0.39, 0.29) is 29.8 Å². The van der Waals surface area contributed by atoms with Crippen molar-refractivity contribution in [3.63, 3.8) is 0 Å². The van der Waals surface area contributed by atoms with Gasteiger partial charge in [-0.05, 0) is 39.7 Å². The smallest absolute Gasteiger partial charge is 0.274 e. The number of nitrogens with zero attached hydrogens (tertiary/aromatic N) is 5. The highest BCUT2D eigenvalue weighted by molar-refractivity contribution is 5.93. The van der Waals surface area contributed by atoms with Gasteiger partial charge in [0.05, 0.1) is 12.1 Å². The molecular weight excluding hydrogens is 384 g/mol. The number of anilines is 1. The number of aromatic nitrogens is 3. The second-order valence-corrected chi connectivity index (χ2v) is 9.13. The number of rotatable bonds is 5. The molecule has 2 aromatic rings. The summed E-state index contributed by atoms with van der Waals surface area (Å²) in [5.74, 6) is 1.14. The number of carbonyl (C=O) groups is 2. The molecule has 3 heterocycles. The molecule has 9 nitrogen and oxygen atoms in total. The van der Waals surface area contributed by atoms with Gasteiger partial charge in [0.1, 0.15) is 5.76 Å². The lowest BCUT2D eigenvalue weighted by molar-refractivity contribution is -0.117. The fraction of sp³-hybridized carbons (Fsp3) is 0.619. The van der Waals surface area contributed by atoms with E-state index in [1.807, 2.05) is 20.5 Å². The molecule has 0 atom stereocenters. The monoisotopic (exact) mass is 416 g/mol. The molecule has 30 heavy (non-hydrogen) atoms. The second kappa shape index (κ2) is 8.59. The van der Waals surface area contributed by atoms with Crippen LogP contribution in [0.5, 0.6) is 0 Å². The Labute approximate surface area is 177 Å². The van der Waals surface area contributed by atoms with Crippen LogP contribution in [0.3, 0.4) is 0 Å². The molecule has 1 fully saturated rings. The van der Waals surface area contributed by atoms with Crippen LogP contribution in [0, 0.1) is 6.92 Å². The molecular formula is C21H32N6O3. The Bertz CT molecular complexity index is 900. The number of aryl methyl sites for hydroxylation is 1. The van der Waals surface area contributed by atoms with Crippen LogP contribution in [0.15, 0.2) is 16.7 Å². The van der Waals surface area contributed by atoms with Crippen molar-refractivity contribution in [3.05, 3.63) is 29.3 Å². The van der Waals surface area contributed by atoms with E-state index >= 15 is 0 Å². The van der Waals surface area contributed by atoms with Gasteiger partial charge < -0.3 is 14.7 Å². The van der Waals surface area contributed by atoms with Gasteiger partial charge in [0.15, 0.2) is 11.5 Å². The van der Waals surface area contributed by atoms with Crippen LogP contribution in [-0.4, -0.2) is 69.3 Å². The highest BCUT2D eigenvalue weighted by atomic mass is 16.5. The molecule has 0 aliphatic carbocycles. The topological polar surface area (TPSA) is 96.5 Å². The normalized spacial score (nSPS) is 15.6. The largest absolute Gasteiger partial charge is 0.360 e. The highest BCUT2D eigenvalue weighted by Crippen LogP contribution is 2.24. The van der Waals surface area contributed by atoms with Crippen LogP contribution in [0.4, 0.5) is 5.82 Å². The molecule has 9 heteroatoms. The highest BCUT2D eigenvalue weighted by Gasteiger charge is 2.28. The number of nitrogens with one attached hydrogen (secondary N) is 1. The minimum absolute atomic E-state index is 0.0536. The molecule has 164 valence electrons. The van der Waals surface area contributed by atoms with E-state index in [2.05, 4.69) is 50.2 Å². The van der Waals surface area contributed by atoms with Gasteiger partial charge in [-0.3, -0.25) is 19.2 Å². The Morgan fingerprint density at radius 3 is 2.33 bits per heavy atom. The van der Waals surface area contributed by atoms with Crippen LogP contribution in [-0.2, 0) is 10.3 Å². The lowest BCUT2D eigenvalue weighted by Gasteiger charge is -2.33. The maximum Gasteiger partial charge on any atom is 0.274 e. The molecule has 3 rings (SSSR count). The first kappa shape index (κ1) is 22.0. The summed E-state index contributed by atoms with van der Waals surface area (Å²) in [5.41, 5.74) is 1.36. The Morgan fingerprint density at radius 1 is 1.17 bits per heavy atom. The first-order valence-electron chi connectivity index (χ1n) is 10.4. The van der Waals surface area contributed by atoms with Crippen LogP contribution in [0.2, 0.25) is 0 Å². The van der Waals surface area contributed by atoms with Crippen LogP contribution < -0.4 is 5.32 Å². The summed E-state index contributed by atoms with van der Waals surface area (Å²) >= 11 is 0. The van der Waals surface area contributed by atoms with Gasteiger partial charge in [0, 0.05) is 37.9 Å². The van der Waals surface area contributed by atoms with Crippen molar-refractivity contribution in [2.45, 2.75) is 53.0 Å². The average Bonchev–Trinajstić information content (AvgIpc) is 3.28. The lowest BCUT2D eigenvalue weighted by atomic mass is 10.1. The fourth-order valence-corrected chi connectivity index (χ4v) is 3.53. The van der Waals surface area contributed by atoms with E-state index in [0.29, 0.717) is 43.5 Å². The second-order valence-electron chi connectivity index (χ2n) is 9.13. The molecule has 2 aromatic heterocycles. The first-order valence-corrected chi connectivity index (χ1v) is 10.4. The number of hydrogen-bond donors (Lipinski definition) is 1. The van der Waals surface area contributed by atoms with Crippen LogP contribution >= 0.6 is 0 Å². The van der Waals surface area contributed by atoms with Crippen molar-refractivity contribution in [3.8, 4) is 0 Å². The van der Waals surface area contributed by atoms with Crippen molar-refractivity contribution >= 4 is 17.6 Å². The molecule has 0 aromatic carbocycles.